The third-order valence-corrected chi connectivity index (χ3v) is 11.1. The number of allylic oxidation sites excluding steroid dienone is 4. The maximum Gasteiger partial charge on any atom is -1.00 e. The third-order valence-electron chi connectivity index (χ3n) is 7.06. The summed E-state index contributed by atoms with van der Waals surface area (Å²) in [4.78, 5) is 0. The Hall–Kier alpha value is -1.40. The Kier molecular flexibility index (Phi) is 8.48. The molecule has 0 aromatic heterocycles. The summed E-state index contributed by atoms with van der Waals surface area (Å²) in [5.41, 5.74) is 12.1. The minimum atomic E-state index is -0.825. The molecule has 0 atom stereocenters. The molecule has 180 valence electrons. The van der Waals surface area contributed by atoms with Gasteiger partial charge in [-0.05, 0) is 0 Å². The van der Waals surface area contributed by atoms with Crippen molar-refractivity contribution < 1.29 is 48.0 Å². The Bertz CT molecular complexity index is 1210. The second-order valence-corrected chi connectivity index (χ2v) is 15.3. The maximum atomic E-state index is 2.51. The molecule has 0 heterocycles. The average Bonchev–Trinajstić information content (AvgIpc) is 3.36. The van der Waals surface area contributed by atoms with Crippen LogP contribution in [0.15, 0.2) is 82.2 Å². The van der Waals surface area contributed by atoms with E-state index in [1.54, 1.807) is 14.4 Å². The van der Waals surface area contributed by atoms with E-state index in [1.165, 1.54) is 33.4 Å². The predicted octanol–water partition coefficient (Wildman–Crippen LogP) is 2.81. The topological polar surface area (TPSA) is 0 Å². The minimum Gasteiger partial charge on any atom is -1.00 e. The van der Waals surface area contributed by atoms with E-state index in [0.717, 1.165) is 6.42 Å². The standard InChI is InChI=1S/C21H25.C11H9.2ClH.Zr/c1-20(2,3)16-9-7-14-11-15-8-10-17(21(4,5)6)13-19(15)18(14)12-16;1-2-6-10(7-3-1)11-8-4-5-9-11;;;/h7-13H,1-6H3;1-3,6-9H,4H2;2*1H;/q;;;;+2/p-2. The molecule has 3 aromatic rings. The number of hydrogen-bond acceptors (Lipinski definition) is 0. The molecule has 3 heteroatoms. The largest absolute Gasteiger partial charge is 1.00 e. The third kappa shape index (κ3) is 5.64. The minimum absolute atomic E-state index is 0. The van der Waals surface area contributed by atoms with Crippen LogP contribution in [0.3, 0.4) is 0 Å². The zero-order chi connectivity index (χ0) is 23.4. The van der Waals surface area contributed by atoms with Gasteiger partial charge >= 0.3 is 212 Å². The molecule has 0 amide bonds. The van der Waals surface area contributed by atoms with Gasteiger partial charge in [-0.2, -0.15) is 0 Å². The average molecular weight is 581 g/mol. The molecule has 0 unspecified atom stereocenters. The van der Waals surface area contributed by atoms with E-state index in [0.29, 0.717) is 3.63 Å². The zero-order valence-corrected chi connectivity index (χ0v) is 25.5. The Labute approximate surface area is 235 Å². The molecule has 0 radical (unpaired) electrons. The molecule has 3 aromatic carbocycles. The fraction of sp³-hybridized carbons (Fsp3) is 0.312. The van der Waals surface area contributed by atoms with Gasteiger partial charge in [0.1, 0.15) is 0 Å². The van der Waals surface area contributed by atoms with E-state index in [4.69, 9.17) is 0 Å². The van der Waals surface area contributed by atoms with Gasteiger partial charge in [0, 0.05) is 0 Å². The van der Waals surface area contributed by atoms with Gasteiger partial charge in [0.15, 0.2) is 0 Å². The fourth-order valence-electron chi connectivity index (χ4n) is 4.98. The zero-order valence-electron chi connectivity index (χ0n) is 21.5. The Balaban J connectivity index is 0.00000171. The van der Waals surface area contributed by atoms with Gasteiger partial charge in [-0.1, -0.05) is 0 Å². The first kappa shape index (κ1) is 28.2. The molecule has 0 aliphatic heterocycles. The van der Waals surface area contributed by atoms with Crippen molar-refractivity contribution in [2.75, 3.05) is 0 Å². The van der Waals surface area contributed by atoms with Crippen molar-refractivity contribution in [3.63, 3.8) is 0 Å². The van der Waals surface area contributed by atoms with Crippen LogP contribution in [0.5, 0.6) is 0 Å². The summed E-state index contributed by atoms with van der Waals surface area (Å²) in [5, 5.41) is 0. The quantitative estimate of drug-likeness (QED) is 0.447. The first-order chi connectivity index (χ1) is 15.6. The second-order valence-electron chi connectivity index (χ2n) is 11.6. The molecule has 5 rings (SSSR count). The smallest absolute Gasteiger partial charge is 1.00 e. The summed E-state index contributed by atoms with van der Waals surface area (Å²) in [6.07, 6.45) is 6.08. The van der Waals surface area contributed by atoms with E-state index in [2.05, 4.69) is 120 Å². The van der Waals surface area contributed by atoms with Gasteiger partial charge in [0.2, 0.25) is 0 Å². The maximum absolute atomic E-state index is 2.51. The molecule has 0 spiro atoms. The molecule has 0 nitrogen and oxygen atoms in total. The van der Waals surface area contributed by atoms with Crippen LogP contribution in [0.25, 0.3) is 16.7 Å². The van der Waals surface area contributed by atoms with Gasteiger partial charge in [-0.15, -0.1) is 0 Å². The number of fused-ring (bicyclic) bond motifs is 3. The van der Waals surface area contributed by atoms with Crippen LogP contribution in [0.4, 0.5) is 0 Å². The number of halogens is 2. The van der Waals surface area contributed by atoms with E-state index in [-0.39, 0.29) is 35.6 Å². The van der Waals surface area contributed by atoms with E-state index < -0.39 is 23.2 Å². The van der Waals surface area contributed by atoms with Crippen molar-refractivity contribution in [1.29, 1.82) is 0 Å². The van der Waals surface area contributed by atoms with Crippen LogP contribution in [0, 0.1) is 0 Å². The fourth-order valence-corrected chi connectivity index (χ4v) is 9.02. The van der Waals surface area contributed by atoms with Gasteiger partial charge in [0.05, 0.1) is 0 Å². The van der Waals surface area contributed by atoms with Crippen molar-refractivity contribution in [3.8, 4) is 11.1 Å². The van der Waals surface area contributed by atoms with Crippen molar-refractivity contribution >= 4 is 5.57 Å². The molecule has 0 saturated heterocycles. The van der Waals surface area contributed by atoms with Gasteiger partial charge in [-0.25, -0.2) is 0 Å². The van der Waals surface area contributed by atoms with E-state index in [9.17, 15) is 0 Å². The first-order valence-electron chi connectivity index (χ1n) is 12.1. The van der Waals surface area contributed by atoms with Crippen LogP contribution in [0.2, 0.25) is 0 Å². The molecule has 0 N–H and O–H groups in total. The Morgan fingerprint density at radius 2 is 1.20 bits per heavy atom. The molecule has 0 fully saturated rings. The molecule has 2 aliphatic rings. The predicted molar refractivity (Wildman–Crippen MR) is 138 cm³/mol. The first-order valence-corrected chi connectivity index (χ1v) is 14.8. The number of benzene rings is 3. The summed E-state index contributed by atoms with van der Waals surface area (Å²) in [6.45, 7) is 13.9. The van der Waals surface area contributed by atoms with Gasteiger partial charge < -0.3 is 24.8 Å². The summed E-state index contributed by atoms with van der Waals surface area (Å²) >= 11 is -0.825. The molecule has 35 heavy (non-hydrogen) atoms. The molecule has 0 saturated carbocycles. The Morgan fingerprint density at radius 3 is 1.69 bits per heavy atom. The summed E-state index contributed by atoms with van der Waals surface area (Å²) < 4.78 is 2.32. The van der Waals surface area contributed by atoms with Crippen LogP contribution >= 0.6 is 0 Å². The van der Waals surface area contributed by atoms with E-state index >= 15 is 0 Å². The van der Waals surface area contributed by atoms with Crippen molar-refractivity contribution in [2.45, 2.75) is 62.4 Å². The summed E-state index contributed by atoms with van der Waals surface area (Å²) in [6, 6.07) is 25.5. The van der Waals surface area contributed by atoms with Crippen LogP contribution in [-0.4, -0.2) is 0 Å². The monoisotopic (exact) mass is 578 g/mol. The second kappa shape index (κ2) is 10.5. The van der Waals surface area contributed by atoms with Crippen molar-refractivity contribution in [1.82, 2.24) is 0 Å². The van der Waals surface area contributed by atoms with Gasteiger partial charge in [-0.3, -0.25) is 0 Å². The van der Waals surface area contributed by atoms with Crippen LogP contribution in [0.1, 0.15) is 79.4 Å². The molecule has 2 aliphatic carbocycles. The normalized spacial score (nSPS) is 14.7. The van der Waals surface area contributed by atoms with Crippen molar-refractivity contribution in [3.05, 3.63) is 110 Å². The number of rotatable bonds is 3. The van der Waals surface area contributed by atoms with Gasteiger partial charge in [0.25, 0.3) is 0 Å². The SMILES string of the molecule is CC(C)(C)c1ccc2c(c1)-c1cc(C(C)(C)C)ccc1[CH]2[Zr+2][C]1=CC(c2ccccc2)=CC1.[Cl-].[Cl-]. The van der Waals surface area contributed by atoms with Crippen LogP contribution in [-0.2, 0) is 34.1 Å². The Morgan fingerprint density at radius 1 is 0.686 bits per heavy atom. The summed E-state index contributed by atoms with van der Waals surface area (Å²) in [5.74, 6) is 0. The van der Waals surface area contributed by atoms with Crippen molar-refractivity contribution in [2.24, 2.45) is 0 Å². The molecule has 0 bridgehead atoms. The molecular formula is C32H34Cl2Zr. The number of hydrogen-bond donors (Lipinski definition) is 0. The van der Waals surface area contributed by atoms with Crippen LogP contribution < -0.4 is 24.8 Å². The molecular weight excluding hydrogens is 546 g/mol. The summed E-state index contributed by atoms with van der Waals surface area (Å²) in [7, 11) is 0. The van der Waals surface area contributed by atoms with E-state index in [1.807, 2.05) is 0 Å².